The van der Waals surface area contributed by atoms with Crippen molar-refractivity contribution in [1.82, 2.24) is 25.5 Å². The molecule has 23 heavy (non-hydrogen) atoms. The summed E-state index contributed by atoms with van der Waals surface area (Å²) in [6.45, 7) is 5.32. The quantitative estimate of drug-likeness (QED) is 0.698. The van der Waals surface area contributed by atoms with E-state index in [1.54, 1.807) is 6.07 Å². The van der Waals surface area contributed by atoms with Gasteiger partial charge in [0.1, 0.15) is 5.82 Å². The Balaban J connectivity index is 1.47. The molecule has 2 amide bonds. The molecular formula is C16H21N5O2. The molecule has 7 heteroatoms. The highest BCUT2D eigenvalue weighted by molar-refractivity contribution is 5.97. The molecule has 0 spiro atoms. The van der Waals surface area contributed by atoms with Crippen LogP contribution in [-0.2, 0) is 4.79 Å². The zero-order valence-corrected chi connectivity index (χ0v) is 13.2. The van der Waals surface area contributed by atoms with E-state index in [2.05, 4.69) is 25.5 Å². The predicted octanol–water partition coefficient (Wildman–Crippen LogP) is 0.423. The summed E-state index contributed by atoms with van der Waals surface area (Å²) >= 11 is 0. The summed E-state index contributed by atoms with van der Waals surface area (Å²) in [5.74, 6) is 0.821. The number of rotatable bonds is 5. The monoisotopic (exact) mass is 315 g/mol. The molecule has 1 aromatic heterocycles. The van der Waals surface area contributed by atoms with Gasteiger partial charge in [0.2, 0.25) is 5.91 Å². The second-order valence-corrected chi connectivity index (χ2v) is 5.79. The molecule has 3 N–H and O–H groups in total. The SMILES string of the molecule is Cc1nc2ccc(C(=O)NCCCN3CCNC(=O)C3)cc2[nH]1. The number of hydrogen-bond donors (Lipinski definition) is 3. The van der Waals surface area contributed by atoms with Gasteiger partial charge in [0, 0.05) is 31.7 Å². The maximum atomic E-state index is 12.2. The van der Waals surface area contributed by atoms with Crippen molar-refractivity contribution in [3.8, 4) is 0 Å². The van der Waals surface area contributed by atoms with Crippen LogP contribution in [0.1, 0.15) is 22.6 Å². The Morgan fingerprint density at radius 1 is 1.43 bits per heavy atom. The largest absolute Gasteiger partial charge is 0.354 e. The van der Waals surface area contributed by atoms with Gasteiger partial charge in [-0.1, -0.05) is 0 Å². The van der Waals surface area contributed by atoms with E-state index in [1.807, 2.05) is 19.1 Å². The first-order valence-corrected chi connectivity index (χ1v) is 7.85. The van der Waals surface area contributed by atoms with Crippen molar-refractivity contribution < 1.29 is 9.59 Å². The molecule has 122 valence electrons. The molecule has 0 aliphatic carbocycles. The normalized spacial score (nSPS) is 15.6. The van der Waals surface area contributed by atoms with Crippen molar-refractivity contribution in [2.45, 2.75) is 13.3 Å². The number of imidazole rings is 1. The number of carbonyl (C=O) groups excluding carboxylic acids is 2. The van der Waals surface area contributed by atoms with Gasteiger partial charge in [-0.2, -0.15) is 0 Å². The van der Waals surface area contributed by atoms with Crippen molar-refractivity contribution in [1.29, 1.82) is 0 Å². The van der Waals surface area contributed by atoms with Gasteiger partial charge in [-0.15, -0.1) is 0 Å². The number of nitrogens with one attached hydrogen (secondary N) is 3. The third kappa shape index (κ3) is 3.87. The summed E-state index contributed by atoms with van der Waals surface area (Å²) in [6, 6.07) is 5.45. The van der Waals surface area contributed by atoms with Crippen LogP contribution in [0.4, 0.5) is 0 Å². The minimum atomic E-state index is -0.0875. The van der Waals surface area contributed by atoms with Gasteiger partial charge in [0.05, 0.1) is 17.6 Å². The van der Waals surface area contributed by atoms with Gasteiger partial charge in [-0.25, -0.2) is 4.98 Å². The Hall–Kier alpha value is -2.41. The fourth-order valence-electron chi connectivity index (χ4n) is 2.77. The van der Waals surface area contributed by atoms with Crippen LogP contribution in [0.25, 0.3) is 11.0 Å². The van der Waals surface area contributed by atoms with Gasteiger partial charge in [-0.3, -0.25) is 14.5 Å². The van der Waals surface area contributed by atoms with E-state index in [-0.39, 0.29) is 11.8 Å². The number of nitrogens with zero attached hydrogens (tertiary/aromatic N) is 2. The Bertz CT molecular complexity index is 724. The summed E-state index contributed by atoms with van der Waals surface area (Å²) in [6.07, 6.45) is 0.824. The molecular weight excluding hydrogens is 294 g/mol. The van der Waals surface area contributed by atoms with Crippen LogP contribution < -0.4 is 10.6 Å². The first kappa shape index (κ1) is 15.5. The van der Waals surface area contributed by atoms with Crippen LogP contribution in [-0.4, -0.2) is 59.4 Å². The number of H-pyrrole nitrogens is 1. The van der Waals surface area contributed by atoms with E-state index in [0.29, 0.717) is 25.2 Å². The van der Waals surface area contributed by atoms with Gasteiger partial charge in [-0.05, 0) is 31.5 Å². The number of amides is 2. The predicted molar refractivity (Wildman–Crippen MR) is 87.2 cm³/mol. The zero-order valence-electron chi connectivity index (χ0n) is 13.2. The maximum absolute atomic E-state index is 12.2. The summed E-state index contributed by atoms with van der Waals surface area (Å²) < 4.78 is 0. The highest BCUT2D eigenvalue weighted by atomic mass is 16.2. The van der Waals surface area contributed by atoms with Gasteiger partial charge in [0.25, 0.3) is 5.91 Å². The number of carbonyl (C=O) groups is 2. The van der Waals surface area contributed by atoms with Crippen molar-refractivity contribution in [2.75, 3.05) is 32.7 Å². The molecule has 3 rings (SSSR count). The molecule has 2 heterocycles. The molecule has 2 aromatic rings. The molecule has 0 radical (unpaired) electrons. The molecule has 0 atom stereocenters. The topological polar surface area (TPSA) is 90.1 Å². The van der Waals surface area contributed by atoms with Crippen molar-refractivity contribution in [3.63, 3.8) is 0 Å². The van der Waals surface area contributed by atoms with Crippen LogP contribution in [0.2, 0.25) is 0 Å². The minimum absolute atomic E-state index is 0.0726. The second-order valence-electron chi connectivity index (χ2n) is 5.79. The molecule has 0 saturated carbocycles. The van der Waals surface area contributed by atoms with Crippen LogP contribution in [0, 0.1) is 6.92 Å². The van der Waals surface area contributed by atoms with Crippen molar-refractivity contribution >= 4 is 22.8 Å². The molecule has 0 bridgehead atoms. The average Bonchev–Trinajstić information content (AvgIpc) is 2.90. The summed E-state index contributed by atoms with van der Waals surface area (Å²) in [5, 5.41) is 5.72. The molecule has 1 fully saturated rings. The summed E-state index contributed by atoms with van der Waals surface area (Å²) in [7, 11) is 0. The Labute approximate surface area is 134 Å². The van der Waals surface area contributed by atoms with E-state index in [4.69, 9.17) is 0 Å². The zero-order chi connectivity index (χ0) is 16.2. The number of fused-ring (bicyclic) bond motifs is 1. The molecule has 1 aliphatic heterocycles. The fraction of sp³-hybridized carbons (Fsp3) is 0.438. The van der Waals surface area contributed by atoms with Crippen molar-refractivity contribution in [2.24, 2.45) is 0 Å². The lowest BCUT2D eigenvalue weighted by molar-refractivity contribution is -0.124. The van der Waals surface area contributed by atoms with E-state index in [0.717, 1.165) is 36.4 Å². The second kappa shape index (κ2) is 6.78. The summed E-state index contributed by atoms with van der Waals surface area (Å²) in [5.41, 5.74) is 2.36. The van der Waals surface area contributed by atoms with Gasteiger partial charge in [0.15, 0.2) is 0 Å². The molecule has 1 saturated heterocycles. The Morgan fingerprint density at radius 3 is 3.13 bits per heavy atom. The standard InChI is InChI=1S/C16H21N5O2/c1-11-19-13-4-3-12(9-14(13)20-11)16(23)18-5-2-7-21-8-6-17-15(22)10-21/h3-4,9H,2,5-8,10H2,1H3,(H,17,22)(H,18,23)(H,19,20). The summed E-state index contributed by atoms with van der Waals surface area (Å²) in [4.78, 5) is 33.0. The van der Waals surface area contributed by atoms with E-state index >= 15 is 0 Å². The Kier molecular flexibility index (Phi) is 4.57. The fourth-order valence-corrected chi connectivity index (χ4v) is 2.77. The lowest BCUT2D eigenvalue weighted by Crippen LogP contribution is -2.48. The van der Waals surface area contributed by atoms with E-state index in [9.17, 15) is 9.59 Å². The third-order valence-corrected chi connectivity index (χ3v) is 3.92. The molecule has 0 unspecified atom stereocenters. The van der Waals surface area contributed by atoms with Crippen molar-refractivity contribution in [3.05, 3.63) is 29.6 Å². The number of hydrogen-bond acceptors (Lipinski definition) is 4. The first-order valence-electron chi connectivity index (χ1n) is 7.85. The number of piperazine rings is 1. The van der Waals surface area contributed by atoms with E-state index in [1.165, 1.54) is 0 Å². The smallest absolute Gasteiger partial charge is 0.251 e. The number of benzene rings is 1. The van der Waals surface area contributed by atoms with Crippen LogP contribution >= 0.6 is 0 Å². The highest BCUT2D eigenvalue weighted by Crippen LogP contribution is 2.13. The van der Waals surface area contributed by atoms with Crippen LogP contribution in [0.15, 0.2) is 18.2 Å². The minimum Gasteiger partial charge on any atom is -0.354 e. The number of aromatic nitrogens is 2. The molecule has 1 aliphatic rings. The maximum Gasteiger partial charge on any atom is 0.251 e. The highest BCUT2D eigenvalue weighted by Gasteiger charge is 2.15. The molecule has 1 aromatic carbocycles. The molecule has 7 nitrogen and oxygen atoms in total. The van der Waals surface area contributed by atoms with Gasteiger partial charge < -0.3 is 15.6 Å². The van der Waals surface area contributed by atoms with E-state index < -0.39 is 0 Å². The third-order valence-electron chi connectivity index (χ3n) is 3.92. The lowest BCUT2D eigenvalue weighted by atomic mass is 10.2. The lowest BCUT2D eigenvalue weighted by Gasteiger charge is -2.26. The number of aromatic amines is 1. The number of aryl methyl sites for hydroxylation is 1. The average molecular weight is 315 g/mol. The van der Waals surface area contributed by atoms with Crippen LogP contribution in [0.3, 0.4) is 0 Å². The van der Waals surface area contributed by atoms with Gasteiger partial charge >= 0.3 is 0 Å². The van der Waals surface area contributed by atoms with Crippen LogP contribution in [0.5, 0.6) is 0 Å². The Morgan fingerprint density at radius 2 is 2.30 bits per heavy atom. The first-order chi connectivity index (χ1) is 11.1.